The van der Waals surface area contributed by atoms with E-state index in [-0.39, 0.29) is 51.1 Å². The molecule has 0 unspecified atom stereocenters. The van der Waals surface area contributed by atoms with Crippen molar-refractivity contribution in [3.63, 3.8) is 0 Å². The number of ketones is 2. The van der Waals surface area contributed by atoms with Crippen LogP contribution in [-0.2, 0) is 0 Å². The van der Waals surface area contributed by atoms with Crippen LogP contribution in [0, 0.1) is 6.92 Å². The van der Waals surface area contributed by atoms with Crippen molar-refractivity contribution in [1.82, 2.24) is 0 Å². The van der Waals surface area contributed by atoms with Crippen LogP contribution in [0.3, 0.4) is 0 Å². The molecule has 192 valence electrons. The zero-order valence-electron chi connectivity index (χ0n) is 21.1. The minimum atomic E-state index is -0.528. The average Bonchev–Trinajstić information content (AvgIpc) is 3.23. The van der Waals surface area contributed by atoms with Crippen molar-refractivity contribution in [3.8, 4) is 17.2 Å². The third-order valence-electron chi connectivity index (χ3n) is 6.39. The summed E-state index contributed by atoms with van der Waals surface area (Å²) in [5, 5.41) is 21.4. The first-order chi connectivity index (χ1) is 18.1. The Labute approximate surface area is 216 Å². The van der Waals surface area contributed by atoms with Gasteiger partial charge in [-0.1, -0.05) is 26.0 Å². The second-order valence-corrected chi connectivity index (χ2v) is 9.36. The summed E-state index contributed by atoms with van der Waals surface area (Å²) in [5.74, 6) is 0.397. The molecule has 2 N–H and O–H groups in total. The highest BCUT2D eigenvalue weighted by molar-refractivity contribution is 6.30. The van der Waals surface area contributed by atoms with E-state index in [2.05, 4.69) is 0 Å². The lowest BCUT2D eigenvalue weighted by Gasteiger charge is -2.19. The quantitative estimate of drug-likeness (QED) is 0.277. The first-order valence-electron chi connectivity index (χ1n) is 11.9. The summed E-state index contributed by atoms with van der Waals surface area (Å²) < 4.78 is 16.4. The number of ether oxygens (including phenoxy) is 1. The number of furan rings is 1. The molecule has 0 fully saturated rings. The summed E-state index contributed by atoms with van der Waals surface area (Å²) in [4.78, 5) is 35.9. The van der Waals surface area contributed by atoms with E-state index in [4.69, 9.17) is 13.6 Å². The smallest absolute Gasteiger partial charge is 0.336 e. The second kappa shape index (κ2) is 9.23. The maximum Gasteiger partial charge on any atom is 0.336 e. The van der Waals surface area contributed by atoms with Gasteiger partial charge in [-0.3, -0.25) is 9.59 Å². The minimum absolute atomic E-state index is 0.0374. The van der Waals surface area contributed by atoms with Gasteiger partial charge in [0.25, 0.3) is 0 Å². The average molecular weight is 513 g/mol. The lowest BCUT2D eigenvalue weighted by atomic mass is 9.82. The highest BCUT2D eigenvalue weighted by Gasteiger charge is 2.34. The summed E-state index contributed by atoms with van der Waals surface area (Å²) in [7, 11) is 1.63. The first kappa shape index (κ1) is 24.8. The van der Waals surface area contributed by atoms with E-state index in [0.717, 1.165) is 22.3 Å². The summed E-state index contributed by atoms with van der Waals surface area (Å²) in [6.07, 6.45) is 0. The van der Waals surface area contributed by atoms with E-state index in [1.54, 1.807) is 32.2 Å². The van der Waals surface area contributed by atoms with Gasteiger partial charge in [0.1, 0.15) is 28.4 Å². The van der Waals surface area contributed by atoms with Crippen LogP contribution >= 0.6 is 0 Å². The van der Waals surface area contributed by atoms with Crippen LogP contribution in [-0.4, -0.2) is 28.9 Å². The number of rotatable bonds is 2. The maximum atomic E-state index is 12.3. The largest absolute Gasteiger partial charge is 0.507 e. The maximum absolute atomic E-state index is 12.3. The Balaban J connectivity index is 0.000000155. The molecule has 5 aromatic rings. The Kier molecular flexibility index (Phi) is 6.03. The molecule has 2 aromatic heterocycles. The Hall–Kier alpha value is -4.85. The predicted molar refractivity (Wildman–Crippen MR) is 141 cm³/mol. The fourth-order valence-electron chi connectivity index (χ4n) is 4.67. The molecular weight excluding hydrogens is 488 g/mol. The van der Waals surface area contributed by atoms with Crippen LogP contribution in [0.15, 0.2) is 68.2 Å². The Morgan fingerprint density at radius 1 is 0.789 bits per heavy atom. The van der Waals surface area contributed by atoms with Crippen LogP contribution in [0.5, 0.6) is 17.2 Å². The van der Waals surface area contributed by atoms with E-state index in [1.807, 2.05) is 19.9 Å². The van der Waals surface area contributed by atoms with Crippen LogP contribution in [0.25, 0.3) is 21.9 Å². The van der Waals surface area contributed by atoms with Gasteiger partial charge < -0.3 is 23.8 Å². The van der Waals surface area contributed by atoms with Crippen molar-refractivity contribution in [3.05, 3.63) is 98.6 Å². The number of hydrogen-bond acceptors (Lipinski definition) is 8. The van der Waals surface area contributed by atoms with Gasteiger partial charge in [-0.2, -0.15) is 0 Å². The lowest BCUT2D eigenvalue weighted by molar-refractivity contribution is 0.0974. The van der Waals surface area contributed by atoms with Crippen molar-refractivity contribution in [2.75, 3.05) is 7.11 Å². The highest BCUT2D eigenvalue weighted by atomic mass is 16.5. The SMILES string of the molecule is COc1c(C(C)C)oc2cc3oc(=O)ccc3cc12.Cc1cc(O)c2c(c1)C(=O)c1cccc(O)c1C2=O. The van der Waals surface area contributed by atoms with Gasteiger partial charge in [-0.15, -0.1) is 0 Å². The molecule has 1 aliphatic carbocycles. The van der Waals surface area contributed by atoms with Gasteiger partial charge in [-0.25, -0.2) is 4.79 Å². The van der Waals surface area contributed by atoms with Gasteiger partial charge in [0.2, 0.25) is 5.78 Å². The molecule has 6 rings (SSSR count). The monoisotopic (exact) mass is 512 g/mol. The van der Waals surface area contributed by atoms with E-state index < -0.39 is 5.78 Å². The Morgan fingerprint density at radius 2 is 1.53 bits per heavy atom. The molecule has 0 atom stereocenters. The van der Waals surface area contributed by atoms with Crippen LogP contribution in [0.2, 0.25) is 0 Å². The molecule has 0 amide bonds. The third kappa shape index (κ3) is 4.00. The van der Waals surface area contributed by atoms with Gasteiger partial charge in [-0.05, 0) is 42.8 Å². The summed E-state index contributed by atoms with van der Waals surface area (Å²) >= 11 is 0. The molecular formula is C30H24O8. The number of carbonyl (C=O) groups is 2. The number of benzene rings is 3. The number of phenols is 2. The van der Waals surface area contributed by atoms with Crippen LogP contribution < -0.4 is 10.4 Å². The number of methoxy groups -OCH3 is 1. The zero-order valence-corrected chi connectivity index (χ0v) is 21.1. The number of fused-ring (bicyclic) bond motifs is 4. The van der Waals surface area contributed by atoms with Crippen molar-refractivity contribution in [2.45, 2.75) is 26.7 Å². The normalized spacial score (nSPS) is 12.3. The van der Waals surface area contributed by atoms with Gasteiger partial charge in [0.15, 0.2) is 11.5 Å². The van der Waals surface area contributed by atoms with Crippen LogP contribution in [0.1, 0.15) is 62.9 Å². The van der Waals surface area contributed by atoms with Gasteiger partial charge in [0.05, 0.1) is 23.6 Å². The Morgan fingerprint density at radius 3 is 2.24 bits per heavy atom. The molecule has 0 spiro atoms. The summed E-state index contributed by atoms with van der Waals surface area (Å²) in [6.45, 7) is 5.82. The van der Waals surface area contributed by atoms with Crippen molar-refractivity contribution in [2.24, 2.45) is 0 Å². The van der Waals surface area contributed by atoms with E-state index in [9.17, 15) is 24.6 Å². The fourth-order valence-corrected chi connectivity index (χ4v) is 4.67. The molecule has 38 heavy (non-hydrogen) atoms. The molecule has 8 heteroatoms. The van der Waals surface area contributed by atoms with E-state index in [0.29, 0.717) is 16.7 Å². The molecule has 0 saturated heterocycles. The fraction of sp³-hybridized carbons (Fsp3) is 0.167. The van der Waals surface area contributed by atoms with Crippen molar-refractivity contribution >= 4 is 33.5 Å². The van der Waals surface area contributed by atoms with Crippen molar-refractivity contribution < 1.29 is 33.4 Å². The first-order valence-corrected chi connectivity index (χ1v) is 11.9. The number of phenolic OH excluding ortho intramolecular Hbond substituents is 2. The number of carbonyl (C=O) groups excluding carboxylic acids is 2. The third-order valence-corrected chi connectivity index (χ3v) is 6.39. The molecule has 1 aliphatic rings. The standard InChI is InChI=1S/C15H14O4.C15H10O4/c1-8(2)14-15(17-3)10-6-9-4-5-13(16)18-11(9)7-12(10)19-14;1-7-5-9-13(11(17)6-7)15(19)12-8(14(9)18)3-2-4-10(12)16/h4-8H,1-3H3;2-6,16-17H,1H3. The minimum Gasteiger partial charge on any atom is -0.507 e. The van der Waals surface area contributed by atoms with Gasteiger partial charge in [0, 0.05) is 34.6 Å². The van der Waals surface area contributed by atoms with E-state index in [1.165, 1.54) is 30.3 Å². The number of aromatic hydroxyl groups is 2. The molecule has 2 heterocycles. The molecule has 0 saturated carbocycles. The predicted octanol–water partition coefficient (Wildman–Crippen LogP) is 5.85. The summed E-state index contributed by atoms with van der Waals surface area (Å²) in [5.41, 5.74) is 1.79. The molecule has 0 radical (unpaired) electrons. The highest BCUT2D eigenvalue weighted by Crippen LogP contribution is 2.39. The summed E-state index contributed by atoms with van der Waals surface area (Å²) in [6, 6.07) is 14.2. The number of aryl methyl sites for hydroxylation is 1. The van der Waals surface area contributed by atoms with Gasteiger partial charge >= 0.3 is 5.63 Å². The Bertz CT molecular complexity index is 1820. The molecule has 0 aliphatic heterocycles. The molecule has 8 nitrogen and oxygen atoms in total. The molecule has 0 bridgehead atoms. The molecule has 3 aromatic carbocycles. The van der Waals surface area contributed by atoms with Crippen molar-refractivity contribution in [1.29, 1.82) is 0 Å². The zero-order chi connectivity index (χ0) is 27.3. The van der Waals surface area contributed by atoms with E-state index >= 15 is 0 Å². The lowest BCUT2D eigenvalue weighted by Crippen LogP contribution is -2.21. The topological polar surface area (TPSA) is 127 Å². The second-order valence-electron chi connectivity index (χ2n) is 9.36. The van der Waals surface area contributed by atoms with Crippen LogP contribution in [0.4, 0.5) is 0 Å². The number of hydrogen-bond donors (Lipinski definition) is 2.